The van der Waals surface area contributed by atoms with Crippen LogP contribution in [-0.4, -0.2) is 5.11 Å². The number of phenols is 1. The Labute approximate surface area is 115 Å². The molecule has 0 fully saturated rings. The molecule has 1 aliphatic carbocycles. The first kappa shape index (κ1) is 13.7. The van der Waals surface area contributed by atoms with Gasteiger partial charge in [0.2, 0.25) is 0 Å². The van der Waals surface area contributed by atoms with Gasteiger partial charge < -0.3 is 5.11 Å². The van der Waals surface area contributed by atoms with E-state index in [-0.39, 0.29) is 0 Å². The van der Waals surface area contributed by atoms with Crippen molar-refractivity contribution in [3.8, 4) is 5.75 Å². The van der Waals surface area contributed by atoms with Crippen LogP contribution in [0.5, 0.6) is 5.75 Å². The van der Waals surface area contributed by atoms with E-state index in [2.05, 4.69) is 56.4 Å². The molecule has 0 heterocycles. The molecule has 0 bridgehead atoms. The summed E-state index contributed by atoms with van der Waals surface area (Å²) >= 11 is 0. The lowest BCUT2D eigenvalue weighted by Crippen LogP contribution is -2.29. The van der Waals surface area contributed by atoms with Gasteiger partial charge in [-0.15, -0.1) is 0 Å². The van der Waals surface area contributed by atoms with Crippen LogP contribution in [0.2, 0.25) is 0 Å². The lowest BCUT2D eigenvalue weighted by atomic mass is 9.97. The Morgan fingerprint density at radius 3 is 2.26 bits per heavy atom. The van der Waals surface area contributed by atoms with Gasteiger partial charge in [0, 0.05) is 5.22 Å². The molecule has 0 spiro atoms. The van der Waals surface area contributed by atoms with E-state index < -0.39 is 0 Å². The molecule has 0 saturated heterocycles. The summed E-state index contributed by atoms with van der Waals surface area (Å²) in [5.41, 5.74) is 1.32. The minimum absolute atomic E-state index is 0.391. The molecule has 0 saturated carbocycles. The van der Waals surface area contributed by atoms with Crippen LogP contribution in [0, 0.1) is 5.92 Å². The average Bonchev–Trinajstić information content (AvgIpc) is 2.90. The van der Waals surface area contributed by atoms with Gasteiger partial charge in [-0.05, 0) is 42.0 Å². The highest BCUT2D eigenvalue weighted by atomic mass is 16.3. The molecule has 0 radical (unpaired) electrons. The van der Waals surface area contributed by atoms with Crippen molar-refractivity contribution in [2.45, 2.75) is 33.1 Å². The summed E-state index contributed by atoms with van der Waals surface area (Å²) < 4.78 is 0. The predicted octanol–water partition coefficient (Wildman–Crippen LogP) is 3.06. The maximum absolute atomic E-state index is 10.1. The number of hydrogen-bond acceptors (Lipinski definition) is 1. The van der Waals surface area contributed by atoms with Crippen molar-refractivity contribution in [1.29, 1.82) is 0 Å². The van der Waals surface area contributed by atoms with Crippen LogP contribution in [0.1, 0.15) is 32.3 Å². The zero-order valence-electron chi connectivity index (χ0n) is 11.8. The van der Waals surface area contributed by atoms with E-state index in [0.717, 1.165) is 24.5 Å². The van der Waals surface area contributed by atoms with Gasteiger partial charge in [-0.1, -0.05) is 56.4 Å². The second kappa shape index (κ2) is 6.42. The standard InChI is InChI=1S/C18H22O/c1-3-7-16-15(13-14-9-5-6-10-14)11-12-18(19)17(16)8-4-2/h5-12,14,19H,3-4,13H2,1-2H3/b16-7-,17-8+. The summed E-state index contributed by atoms with van der Waals surface area (Å²) in [6.45, 7) is 4.24. The number of phenolic OH excluding ortho intramolecular Hbond substituents is 1. The number of rotatable bonds is 4. The van der Waals surface area contributed by atoms with Gasteiger partial charge in [-0.3, -0.25) is 0 Å². The van der Waals surface area contributed by atoms with Gasteiger partial charge in [0.25, 0.3) is 0 Å². The largest absolute Gasteiger partial charge is 0.507 e. The first-order chi connectivity index (χ1) is 9.26. The molecular weight excluding hydrogens is 232 g/mol. The second-order valence-electron chi connectivity index (χ2n) is 4.93. The Kier molecular flexibility index (Phi) is 4.62. The van der Waals surface area contributed by atoms with Crippen LogP contribution < -0.4 is 10.4 Å². The van der Waals surface area contributed by atoms with Crippen LogP contribution in [0.4, 0.5) is 0 Å². The quantitative estimate of drug-likeness (QED) is 0.875. The monoisotopic (exact) mass is 254 g/mol. The van der Waals surface area contributed by atoms with Gasteiger partial charge in [-0.2, -0.15) is 0 Å². The fourth-order valence-electron chi connectivity index (χ4n) is 2.58. The molecule has 1 aliphatic rings. The Morgan fingerprint density at radius 1 is 1.00 bits per heavy atom. The fourth-order valence-corrected chi connectivity index (χ4v) is 2.58. The SMILES string of the molecule is CC/C=c1/c(CC2C=CC=C2)ccc(O)/c1=C/CC. The van der Waals surface area contributed by atoms with Crippen LogP contribution in [0.3, 0.4) is 0 Å². The van der Waals surface area contributed by atoms with Gasteiger partial charge in [-0.25, -0.2) is 0 Å². The molecule has 0 aromatic heterocycles. The molecule has 0 unspecified atom stereocenters. The maximum atomic E-state index is 10.1. The van der Waals surface area contributed by atoms with Crippen molar-refractivity contribution in [1.82, 2.24) is 0 Å². The molecule has 1 aromatic rings. The smallest absolute Gasteiger partial charge is 0.123 e. The zero-order chi connectivity index (χ0) is 13.7. The molecule has 1 N–H and O–H groups in total. The highest BCUT2D eigenvalue weighted by Crippen LogP contribution is 2.14. The number of benzene rings is 1. The topological polar surface area (TPSA) is 20.2 Å². The minimum Gasteiger partial charge on any atom is -0.507 e. The zero-order valence-corrected chi connectivity index (χ0v) is 11.8. The van der Waals surface area contributed by atoms with Crippen molar-refractivity contribution in [3.05, 3.63) is 52.4 Å². The van der Waals surface area contributed by atoms with E-state index in [1.165, 1.54) is 10.8 Å². The third-order valence-corrected chi connectivity index (χ3v) is 3.45. The molecule has 0 aliphatic heterocycles. The summed E-state index contributed by atoms with van der Waals surface area (Å²) in [7, 11) is 0. The summed E-state index contributed by atoms with van der Waals surface area (Å²) in [5, 5.41) is 12.3. The van der Waals surface area contributed by atoms with Crippen LogP contribution >= 0.6 is 0 Å². The van der Waals surface area contributed by atoms with Crippen molar-refractivity contribution < 1.29 is 5.11 Å². The Bertz CT molecular complexity index is 593. The van der Waals surface area contributed by atoms with E-state index in [9.17, 15) is 5.11 Å². The molecule has 100 valence electrons. The molecular formula is C18H22O. The lowest BCUT2D eigenvalue weighted by molar-refractivity contribution is 0.469. The van der Waals surface area contributed by atoms with E-state index in [1.54, 1.807) is 0 Å². The normalized spacial score (nSPS) is 16.7. The van der Waals surface area contributed by atoms with Crippen molar-refractivity contribution >= 4 is 12.2 Å². The van der Waals surface area contributed by atoms with E-state index >= 15 is 0 Å². The summed E-state index contributed by atoms with van der Waals surface area (Å²) in [6, 6.07) is 3.88. The molecule has 19 heavy (non-hydrogen) atoms. The average molecular weight is 254 g/mol. The lowest BCUT2D eigenvalue weighted by Gasteiger charge is -2.09. The second-order valence-corrected chi connectivity index (χ2v) is 4.93. The number of aromatic hydroxyl groups is 1. The minimum atomic E-state index is 0.391. The first-order valence-corrected chi connectivity index (χ1v) is 7.12. The Hall–Kier alpha value is -1.76. The summed E-state index contributed by atoms with van der Waals surface area (Å²) in [6.07, 6.45) is 15.9. The molecule has 1 nitrogen and oxygen atoms in total. The third kappa shape index (κ3) is 3.17. The van der Waals surface area contributed by atoms with Gasteiger partial charge in [0.05, 0.1) is 0 Å². The molecule has 0 atom stereocenters. The highest BCUT2D eigenvalue weighted by Gasteiger charge is 2.08. The van der Waals surface area contributed by atoms with Crippen LogP contribution in [0.25, 0.3) is 12.2 Å². The number of hydrogen-bond donors (Lipinski definition) is 1. The molecule has 0 amide bonds. The van der Waals surface area contributed by atoms with Crippen molar-refractivity contribution in [2.75, 3.05) is 0 Å². The van der Waals surface area contributed by atoms with Crippen molar-refractivity contribution in [3.63, 3.8) is 0 Å². The van der Waals surface area contributed by atoms with Gasteiger partial charge >= 0.3 is 0 Å². The van der Waals surface area contributed by atoms with Gasteiger partial charge in [0.1, 0.15) is 5.75 Å². The fraction of sp³-hybridized carbons (Fsp3) is 0.333. The Morgan fingerprint density at radius 2 is 1.63 bits per heavy atom. The molecule has 1 heteroatoms. The van der Waals surface area contributed by atoms with Crippen molar-refractivity contribution in [2.24, 2.45) is 5.92 Å². The molecule has 1 aromatic carbocycles. The number of allylic oxidation sites excluding steroid dienone is 4. The highest BCUT2D eigenvalue weighted by molar-refractivity contribution is 5.42. The summed E-state index contributed by atoms with van der Waals surface area (Å²) in [4.78, 5) is 0. The Balaban J connectivity index is 2.51. The predicted molar refractivity (Wildman–Crippen MR) is 82.3 cm³/mol. The first-order valence-electron chi connectivity index (χ1n) is 7.12. The van der Waals surface area contributed by atoms with E-state index in [1.807, 2.05) is 6.07 Å². The molecule has 2 rings (SSSR count). The summed E-state index contributed by atoms with van der Waals surface area (Å²) in [5.74, 6) is 0.880. The van der Waals surface area contributed by atoms with Crippen LogP contribution in [0.15, 0.2) is 36.4 Å². The van der Waals surface area contributed by atoms with Crippen LogP contribution in [-0.2, 0) is 6.42 Å². The van der Waals surface area contributed by atoms with E-state index in [4.69, 9.17) is 0 Å². The van der Waals surface area contributed by atoms with E-state index in [0.29, 0.717) is 11.7 Å². The van der Waals surface area contributed by atoms with Gasteiger partial charge in [0.15, 0.2) is 0 Å². The third-order valence-electron chi connectivity index (χ3n) is 3.45. The maximum Gasteiger partial charge on any atom is 0.123 e.